The number of hydrogen-bond acceptors (Lipinski definition) is 3. The van der Waals surface area contributed by atoms with Gasteiger partial charge in [-0.2, -0.15) is 0 Å². The van der Waals surface area contributed by atoms with Crippen molar-refractivity contribution in [2.24, 2.45) is 0 Å². The van der Waals surface area contributed by atoms with Gasteiger partial charge in [0.1, 0.15) is 17.7 Å². The summed E-state index contributed by atoms with van der Waals surface area (Å²) in [4.78, 5) is 3.98. The van der Waals surface area contributed by atoms with Crippen LogP contribution in [-0.2, 0) is 0 Å². The Labute approximate surface area is 119 Å². The van der Waals surface area contributed by atoms with Gasteiger partial charge in [0.15, 0.2) is 0 Å². The highest BCUT2D eigenvalue weighted by molar-refractivity contribution is 9.10. The first-order valence-electron chi connectivity index (χ1n) is 6.12. The summed E-state index contributed by atoms with van der Waals surface area (Å²) in [5.74, 6) is -1.44. The van der Waals surface area contributed by atoms with Crippen LogP contribution in [0, 0.1) is 11.6 Å². The van der Waals surface area contributed by atoms with Gasteiger partial charge in [-0.1, -0.05) is 0 Å². The summed E-state index contributed by atoms with van der Waals surface area (Å²) in [6.45, 7) is 2.21. The van der Waals surface area contributed by atoms with Crippen molar-refractivity contribution in [1.82, 2.24) is 9.80 Å². The molecule has 1 fully saturated rings. The van der Waals surface area contributed by atoms with Crippen molar-refractivity contribution >= 4 is 15.9 Å². The number of aliphatic hydroxyl groups excluding tert-OH is 1. The number of benzene rings is 1. The first kappa shape index (κ1) is 14.8. The molecule has 0 aliphatic carbocycles. The van der Waals surface area contributed by atoms with E-state index in [9.17, 15) is 13.9 Å². The number of nitrogens with zero attached hydrogens (tertiary/aromatic N) is 2. The monoisotopic (exact) mass is 334 g/mol. The van der Waals surface area contributed by atoms with E-state index in [0.717, 1.165) is 19.2 Å². The van der Waals surface area contributed by atoms with Crippen LogP contribution >= 0.6 is 15.9 Å². The Morgan fingerprint density at radius 2 is 2.00 bits per heavy atom. The van der Waals surface area contributed by atoms with Crippen molar-refractivity contribution in [2.75, 3.05) is 33.7 Å². The molecule has 19 heavy (non-hydrogen) atoms. The van der Waals surface area contributed by atoms with Crippen LogP contribution < -0.4 is 0 Å². The average molecular weight is 335 g/mol. The van der Waals surface area contributed by atoms with Crippen molar-refractivity contribution in [3.05, 3.63) is 33.8 Å². The molecule has 1 saturated heterocycles. The lowest BCUT2D eigenvalue weighted by atomic mass is 9.98. The van der Waals surface area contributed by atoms with E-state index in [1.54, 1.807) is 0 Å². The maximum absolute atomic E-state index is 14.0. The normalized spacial score (nSPS) is 23.6. The molecule has 2 rings (SSSR count). The van der Waals surface area contributed by atoms with Gasteiger partial charge in [0.2, 0.25) is 0 Å². The third-order valence-electron chi connectivity index (χ3n) is 3.64. The van der Waals surface area contributed by atoms with E-state index in [1.807, 2.05) is 23.9 Å². The molecule has 3 nitrogen and oxygen atoms in total. The molecule has 1 aliphatic rings. The third-order valence-corrected chi connectivity index (χ3v) is 4.25. The highest BCUT2D eigenvalue weighted by atomic mass is 79.9. The van der Waals surface area contributed by atoms with Crippen LogP contribution in [0.3, 0.4) is 0 Å². The van der Waals surface area contributed by atoms with Crippen LogP contribution in [0.25, 0.3) is 0 Å². The number of aliphatic hydroxyl groups is 1. The molecule has 0 aromatic heterocycles. The maximum Gasteiger partial charge on any atom is 0.146 e. The summed E-state index contributed by atoms with van der Waals surface area (Å²) >= 11 is 3.02. The van der Waals surface area contributed by atoms with E-state index in [1.165, 1.54) is 6.07 Å². The Hall–Kier alpha value is -0.560. The predicted octanol–water partition coefficient (Wildman–Crippen LogP) is 2.01. The molecule has 1 N–H and O–H groups in total. The lowest BCUT2D eigenvalue weighted by Gasteiger charge is -2.40. The van der Waals surface area contributed by atoms with E-state index in [2.05, 4.69) is 15.9 Å². The van der Waals surface area contributed by atoms with Gasteiger partial charge in [0.05, 0.1) is 16.1 Å². The lowest BCUT2D eigenvalue weighted by Crippen LogP contribution is -2.52. The van der Waals surface area contributed by atoms with Crippen molar-refractivity contribution in [1.29, 1.82) is 0 Å². The maximum atomic E-state index is 14.0. The second-order valence-electron chi connectivity index (χ2n) is 5.01. The molecule has 0 spiro atoms. The standard InChI is InChI=1S/C13H17BrF2N2O/c1-17-5-6-18(2)10(7-17)13(19)11-9(15)4-3-8(14)12(11)16/h3-4,10,13,19H,5-7H2,1-2H3. The molecule has 1 aromatic carbocycles. The lowest BCUT2D eigenvalue weighted by molar-refractivity contribution is 0.0103. The summed E-state index contributed by atoms with van der Waals surface area (Å²) in [7, 11) is 3.79. The molecule has 0 bridgehead atoms. The highest BCUT2D eigenvalue weighted by Gasteiger charge is 2.33. The zero-order chi connectivity index (χ0) is 14.2. The number of halogens is 3. The highest BCUT2D eigenvalue weighted by Crippen LogP contribution is 2.30. The van der Waals surface area contributed by atoms with Gasteiger partial charge in [-0.15, -0.1) is 0 Å². The molecule has 2 unspecified atom stereocenters. The molecule has 1 aromatic rings. The Morgan fingerprint density at radius 3 is 2.68 bits per heavy atom. The Kier molecular flexibility index (Phi) is 4.55. The summed E-state index contributed by atoms with van der Waals surface area (Å²) in [6, 6.07) is 2.15. The van der Waals surface area contributed by atoms with Gasteiger partial charge >= 0.3 is 0 Å². The van der Waals surface area contributed by atoms with E-state index < -0.39 is 17.7 Å². The summed E-state index contributed by atoms with van der Waals surface area (Å²) in [6.07, 6.45) is -1.19. The number of likely N-dealkylation sites (N-methyl/N-ethyl adjacent to an activating group) is 2. The SMILES string of the molecule is CN1CCN(C)C(C(O)c2c(F)ccc(Br)c2F)C1. The van der Waals surface area contributed by atoms with Crippen molar-refractivity contribution in [2.45, 2.75) is 12.1 Å². The van der Waals surface area contributed by atoms with E-state index in [0.29, 0.717) is 6.54 Å². The van der Waals surface area contributed by atoms with Gasteiger partial charge in [0, 0.05) is 19.6 Å². The molecule has 2 atom stereocenters. The topological polar surface area (TPSA) is 26.7 Å². The molecule has 1 aliphatic heterocycles. The second-order valence-corrected chi connectivity index (χ2v) is 5.87. The summed E-state index contributed by atoms with van der Waals surface area (Å²) in [5.41, 5.74) is -0.262. The average Bonchev–Trinajstić information content (AvgIpc) is 2.37. The molecular formula is C13H17BrF2N2O. The van der Waals surface area contributed by atoms with Gasteiger partial charge < -0.3 is 10.0 Å². The van der Waals surface area contributed by atoms with Crippen molar-refractivity contribution in [3.63, 3.8) is 0 Å². The molecule has 0 radical (unpaired) electrons. The fraction of sp³-hybridized carbons (Fsp3) is 0.538. The molecule has 0 amide bonds. The second kappa shape index (κ2) is 5.83. The zero-order valence-electron chi connectivity index (χ0n) is 10.9. The van der Waals surface area contributed by atoms with E-state index >= 15 is 0 Å². The van der Waals surface area contributed by atoms with Gasteiger partial charge in [0.25, 0.3) is 0 Å². The van der Waals surface area contributed by atoms with Crippen LogP contribution in [0.4, 0.5) is 8.78 Å². The largest absolute Gasteiger partial charge is 0.386 e. The molecule has 0 saturated carbocycles. The van der Waals surface area contributed by atoms with Crippen LogP contribution in [0.2, 0.25) is 0 Å². The fourth-order valence-electron chi connectivity index (χ4n) is 2.39. The Balaban J connectivity index is 2.33. The smallest absolute Gasteiger partial charge is 0.146 e. The Morgan fingerprint density at radius 1 is 1.32 bits per heavy atom. The third kappa shape index (κ3) is 2.97. The van der Waals surface area contributed by atoms with Crippen molar-refractivity contribution in [3.8, 4) is 0 Å². The van der Waals surface area contributed by atoms with E-state index in [4.69, 9.17) is 0 Å². The number of piperazine rings is 1. The molecular weight excluding hydrogens is 318 g/mol. The first-order valence-corrected chi connectivity index (χ1v) is 6.91. The minimum atomic E-state index is -1.19. The van der Waals surface area contributed by atoms with Crippen LogP contribution in [-0.4, -0.2) is 54.7 Å². The van der Waals surface area contributed by atoms with E-state index in [-0.39, 0.29) is 16.1 Å². The van der Waals surface area contributed by atoms with Gasteiger partial charge in [-0.3, -0.25) is 4.90 Å². The minimum Gasteiger partial charge on any atom is -0.386 e. The van der Waals surface area contributed by atoms with Crippen LogP contribution in [0.15, 0.2) is 16.6 Å². The predicted molar refractivity (Wildman–Crippen MR) is 72.9 cm³/mol. The quantitative estimate of drug-likeness (QED) is 0.838. The molecule has 1 heterocycles. The summed E-state index contributed by atoms with van der Waals surface area (Å²) < 4.78 is 28.0. The minimum absolute atomic E-state index is 0.162. The summed E-state index contributed by atoms with van der Waals surface area (Å²) in [5, 5.41) is 10.4. The molecule has 6 heteroatoms. The van der Waals surface area contributed by atoms with Crippen molar-refractivity contribution < 1.29 is 13.9 Å². The van der Waals surface area contributed by atoms with Gasteiger partial charge in [-0.05, 0) is 42.2 Å². The van der Waals surface area contributed by atoms with Gasteiger partial charge in [-0.25, -0.2) is 8.78 Å². The molecule has 106 valence electrons. The first-order chi connectivity index (χ1) is 8.91. The van der Waals surface area contributed by atoms with Crippen LogP contribution in [0.1, 0.15) is 11.7 Å². The fourth-order valence-corrected chi connectivity index (χ4v) is 2.74. The number of hydrogen-bond donors (Lipinski definition) is 1. The van der Waals surface area contributed by atoms with Crippen LogP contribution in [0.5, 0.6) is 0 Å². The zero-order valence-corrected chi connectivity index (χ0v) is 12.5. The Bertz CT molecular complexity index is 472. The number of rotatable bonds is 2.